The lowest BCUT2D eigenvalue weighted by Gasteiger charge is -2.33. The highest BCUT2D eigenvalue weighted by Gasteiger charge is 2.35. The van der Waals surface area contributed by atoms with Crippen LogP contribution >= 0.6 is 0 Å². The molecule has 1 aliphatic heterocycles. The summed E-state index contributed by atoms with van der Waals surface area (Å²) in [6, 6.07) is 6.70. The van der Waals surface area contributed by atoms with Gasteiger partial charge in [0, 0.05) is 6.42 Å². The number of aliphatic carboxylic acids is 1. The number of benzene rings is 1. The van der Waals surface area contributed by atoms with E-state index >= 15 is 0 Å². The number of ether oxygens (including phenoxy) is 1. The zero-order valence-corrected chi connectivity index (χ0v) is 10.1. The Kier molecular flexibility index (Phi) is 3.50. The van der Waals surface area contributed by atoms with Gasteiger partial charge >= 0.3 is 12.1 Å². The van der Waals surface area contributed by atoms with Crippen molar-refractivity contribution in [3.63, 3.8) is 0 Å². The number of hydrogen-bond donors (Lipinski definition) is 1. The molecule has 1 aliphatic rings. The molecule has 96 valence electrons. The maximum Gasteiger partial charge on any atom is 0.410 e. The minimum atomic E-state index is -1.00. The van der Waals surface area contributed by atoms with Gasteiger partial charge in [-0.25, -0.2) is 9.59 Å². The first-order valence-electron chi connectivity index (χ1n) is 5.86. The van der Waals surface area contributed by atoms with Crippen molar-refractivity contribution in [2.24, 2.45) is 0 Å². The molecule has 0 fully saturated rings. The van der Waals surface area contributed by atoms with E-state index < -0.39 is 18.1 Å². The summed E-state index contributed by atoms with van der Waals surface area (Å²) in [5.41, 5.74) is 1.95. The monoisotopic (exact) mass is 249 g/mol. The first-order chi connectivity index (χ1) is 8.63. The van der Waals surface area contributed by atoms with Crippen LogP contribution in [0.5, 0.6) is 0 Å². The number of carboxylic acids is 1. The quantitative estimate of drug-likeness (QED) is 0.865. The molecule has 0 bridgehead atoms. The number of fused-ring (bicyclic) bond motifs is 1. The van der Waals surface area contributed by atoms with E-state index in [4.69, 9.17) is 4.74 Å². The predicted octanol–water partition coefficient (Wildman–Crippen LogP) is 1.65. The van der Waals surface area contributed by atoms with Gasteiger partial charge in [0.1, 0.15) is 6.04 Å². The Bertz CT molecular complexity index is 472. The zero-order valence-electron chi connectivity index (χ0n) is 10.1. The van der Waals surface area contributed by atoms with E-state index in [1.54, 1.807) is 6.92 Å². The fourth-order valence-corrected chi connectivity index (χ4v) is 2.14. The van der Waals surface area contributed by atoms with Crippen molar-refractivity contribution in [2.75, 3.05) is 6.61 Å². The Labute approximate surface area is 105 Å². The maximum absolute atomic E-state index is 11.8. The molecule has 1 amide bonds. The summed E-state index contributed by atoms with van der Waals surface area (Å²) in [7, 11) is 0. The topological polar surface area (TPSA) is 66.8 Å². The number of carbonyl (C=O) groups excluding carboxylic acids is 1. The molecular formula is C13H15NO4. The fourth-order valence-electron chi connectivity index (χ4n) is 2.14. The molecule has 0 unspecified atom stereocenters. The Hall–Kier alpha value is -2.04. The normalized spacial score (nSPS) is 18.1. The van der Waals surface area contributed by atoms with Gasteiger partial charge in [-0.1, -0.05) is 24.3 Å². The van der Waals surface area contributed by atoms with Gasteiger partial charge in [-0.05, 0) is 18.1 Å². The molecule has 0 radical (unpaired) electrons. The minimum Gasteiger partial charge on any atom is -0.480 e. The van der Waals surface area contributed by atoms with Crippen molar-refractivity contribution < 1.29 is 19.4 Å². The van der Waals surface area contributed by atoms with E-state index in [-0.39, 0.29) is 13.2 Å². The number of rotatable bonds is 2. The molecule has 2 rings (SSSR count). The van der Waals surface area contributed by atoms with Crippen molar-refractivity contribution >= 4 is 12.1 Å². The average molecular weight is 249 g/mol. The fraction of sp³-hybridized carbons (Fsp3) is 0.385. The zero-order chi connectivity index (χ0) is 13.1. The molecule has 0 aromatic heterocycles. The van der Waals surface area contributed by atoms with E-state index in [0.29, 0.717) is 6.42 Å². The smallest absolute Gasteiger partial charge is 0.410 e. The van der Waals surface area contributed by atoms with E-state index in [1.165, 1.54) is 4.90 Å². The number of amides is 1. The lowest BCUT2D eigenvalue weighted by molar-refractivity contribution is -0.143. The minimum absolute atomic E-state index is 0.239. The van der Waals surface area contributed by atoms with E-state index in [2.05, 4.69) is 0 Å². The Morgan fingerprint density at radius 3 is 2.67 bits per heavy atom. The van der Waals surface area contributed by atoms with Crippen molar-refractivity contribution in [3.8, 4) is 0 Å². The summed E-state index contributed by atoms with van der Waals surface area (Å²) in [5.74, 6) is -1.00. The Morgan fingerprint density at radius 1 is 1.39 bits per heavy atom. The van der Waals surface area contributed by atoms with Crippen LogP contribution in [-0.4, -0.2) is 34.7 Å². The van der Waals surface area contributed by atoms with E-state index in [9.17, 15) is 14.7 Å². The lowest BCUT2D eigenvalue weighted by Crippen LogP contribution is -2.48. The van der Waals surface area contributed by atoms with Gasteiger partial charge in [0.2, 0.25) is 0 Å². The second-order valence-corrected chi connectivity index (χ2v) is 4.15. The number of carboxylic acid groups (broad SMARTS) is 1. The highest BCUT2D eigenvalue weighted by atomic mass is 16.6. The largest absolute Gasteiger partial charge is 0.480 e. The highest BCUT2D eigenvalue weighted by Crippen LogP contribution is 2.24. The maximum atomic E-state index is 11.8. The number of carbonyl (C=O) groups is 2. The Morgan fingerprint density at radius 2 is 2.06 bits per heavy atom. The van der Waals surface area contributed by atoms with Gasteiger partial charge in [-0.15, -0.1) is 0 Å². The van der Waals surface area contributed by atoms with Gasteiger partial charge in [-0.3, -0.25) is 4.90 Å². The van der Waals surface area contributed by atoms with Crippen LogP contribution in [0.1, 0.15) is 18.1 Å². The van der Waals surface area contributed by atoms with Crippen molar-refractivity contribution in [2.45, 2.75) is 25.9 Å². The molecule has 1 heterocycles. The van der Waals surface area contributed by atoms with Gasteiger partial charge in [0.05, 0.1) is 13.2 Å². The molecule has 0 spiro atoms. The van der Waals surface area contributed by atoms with Crippen LogP contribution in [0.25, 0.3) is 0 Å². The summed E-state index contributed by atoms with van der Waals surface area (Å²) in [6.45, 7) is 2.22. The summed E-state index contributed by atoms with van der Waals surface area (Å²) < 4.78 is 4.90. The molecule has 18 heavy (non-hydrogen) atoms. The Balaban J connectivity index is 2.28. The molecule has 1 atom stereocenters. The van der Waals surface area contributed by atoms with Gasteiger partial charge < -0.3 is 9.84 Å². The summed E-state index contributed by atoms with van der Waals surface area (Å²) in [5, 5.41) is 9.20. The van der Waals surface area contributed by atoms with E-state index in [1.807, 2.05) is 24.3 Å². The van der Waals surface area contributed by atoms with Gasteiger partial charge in [0.25, 0.3) is 0 Å². The molecular weight excluding hydrogens is 234 g/mol. The molecule has 0 saturated heterocycles. The second-order valence-electron chi connectivity index (χ2n) is 4.15. The third kappa shape index (κ3) is 2.30. The van der Waals surface area contributed by atoms with Crippen LogP contribution in [0.4, 0.5) is 4.79 Å². The third-order valence-corrected chi connectivity index (χ3v) is 3.04. The molecule has 1 aromatic rings. The molecule has 0 aliphatic carbocycles. The number of nitrogens with zero attached hydrogens (tertiary/aromatic N) is 1. The SMILES string of the molecule is CCOC(=O)N1Cc2ccccc2C[C@@H]1C(=O)O. The van der Waals surface area contributed by atoms with Crippen LogP contribution in [0.15, 0.2) is 24.3 Å². The molecule has 1 aromatic carbocycles. The van der Waals surface area contributed by atoms with E-state index in [0.717, 1.165) is 11.1 Å². The van der Waals surface area contributed by atoms with Crippen LogP contribution in [0, 0.1) is 0 Å². The van der Waals surface area contributed by atoms with Crippen molar-refractivity contribution in [1.29, 1.82) is 0 Å². The van der Waals surface area contributed by atoms with Crippen LogP contribution in [0.2, 0.25) is 0 Å². The lowest BCUT2D eigenvalue weighted by atomic mass is 9.94. The van der Waals surface area contributed by atoms with Crippen molar-refractivity contribution in [1.82, 2.24) is 4.90 Å². The molecule has 5 nitrogen and oxygen atoms in total. The van der Waals surface area contributed by atoms with Crippen LogP contribution < -0.4 is 0 Å². The molecule has 5 heteroatoms. The van der Waals surface area contributed by atoms with Crippen LogP contribution in [-0.2, 0) is 22.5 Å². The summed E-state index contributed by atoms with van der Waals surface area (Å²) in [4.78, 5) is 24.3. The first-order valence-corrected chi connectivity index (χ1v) is 5.86. The second kappa shape index (κ2) is 5.08. The first kappa shape index (κ1) is 12.4. The third-order valence-electron chi connectivity index (χ3n) is 3.04. The summed E-state index contributed by atoms with van der Waals surface area (Å²) >= 11 is 0. The van der Waals surface area contributed by atoms with Crippen LogP contribution in [0.3, 0.4) is 0 Å². The summed E-state index contributed by atoms with van der Waals surface area (Å²) in [6.07, 6.45) is -0.246. The molecule has 0 saturated carbocycles. The predicted molar refractivity (Wildman–Crippen MR) is 64.1 cm³/mol. The molecule has 1 N–H and O–H groups in total. The number of hydrogen-bond acceptors (Lipinski definition) is 3. The standard InChI is InChI=1S/C13H15NO4/c1-2-18-13(17)14-8-10-6-4-3-5-9(10)7-11(14)12(15)16/h3-6,11H,2,7-8H2,1H3,(H,15,16)/t11-/m1/s1. The van der Waals surface area contributed by atoms with Gasteiger partial charge in [-0.2, -0.15) is 0 Å². The van der Waals surface area contributed by atoms with Gasteiger partial charge in [0.15, 0.2) is 0 Å². The highest BCUT2D eigenvalue weighted by molar-refractivity contribution is 5.81. The average Bonchev–Trinajstić information content (AvgIpc) is 2.37. The van der Waals surface area contributed by atoms with Crippen molar-refractivity contribution in [3.05, 3.63) is 35.4 Å².